The Balaban J connectivity index is 2.33. The van der Waals surface area contributed by atoms with Crippen LogP contribution in [0.25, 0.3) is 0 Å². The zero-order chi connectivity index (χ0) is 19.5. The summed E-state index contributed by atoms with van der Waals surface area (Å²) in [5.41, 5.74) is 1.69. The molecule has 26 heavy (non-hydrogen) atoms. The van der Waals surface area contributed by atoms with Crippen molar-refractivity contribution in [3.8, 4) is 5.75 Å². The fourth-order valence-electron chi connectivity index (χ4n) is 2.16. The first-order valence-electron chi connectivity index (χ1n) is 7.62. The van der Waals surface area contributed by atoms with Crippen LogP contribution >= 0.6 is 0 Å². The third kappa shape index (κ3) is 4.80. The second-order valence-corrected chi connectivity index (χ2v) is 5.58. The SMILES string of the molecule is COc1cc(C(C)Nc2nc(NC(C)=O)nc(C(F)(F)F)n2)ccc1C. The molecule has 140 valence electrons. The number of anilines is 2. The van der Waals surface area contributed by atoms with Gasteiger partial charge in [0.15, 0.2) is 0 Å². The maximum absolute atomic E-state index is 13.0. The summed E-state index contributed by atoms with van der Waals surface area (Å²) in [6.45, 7) is 4.76. The molecule has 10 heteroatoms. The lowest BCUT2D eigenvalue weighted by Gasteiger charge is -2.17. The van der Waals surface area contributed by atoms with Crippen LogP contribution in [0.1, 0.15) is 36.8 Å². The number of carbonyl (C=O) groups excluding carboxylic acids is 1. The maximum atomic E-state index is 13.0. The molecular weight excluding hydrogens is 351 g/mol. The smallest absolute Gasteiger partial charge is 0.451 e. The molecule has 0 radical (unpaired) electrons. The van der Waals surface area contributed by atoms with E-state index in [0.717, 1.165) is 18.1 Å². The number of aromatic nitrogens is 3. The van der Waals surface area contributed by atoms with E-state index in [4.69, 9.17) is 4.74 Å². The lowest BCUT2D eigenvalue weighted by atomic mass is 10.1. The molecule has 1 amide bonds. The Morgan fingerprint density at radius 2 is 1.85 bits per heavy atom. The van der Waals surface area contributed by atoms with Crippen molar-refractivity contribution in [3.05, 3.63) is 35.2 Å². The van der Waals surface area contributed by atoms with Crippen LogP contribution in [-0.4, -0.2) is 28.0 Å². The van der Waals surface area contributed by atoms with Crippen LogP contribution < -0.4 is 15.4 Å². The molecular formula is C16H18F3N5O2. The van der Waals surface area contributed by atoms with Crippen LogP contribution in [0.3, 0.4) is 0 Å². The largest absolute Gasteiger partial charge is 0.496 e. The minimum Gasteiger partial charge on any atom is -0.496 e. The third-order valence-corrected chi connectivity index (χ3v) is 3.45. The van der Waals surface area contributed by atoms with Crippen LogP contribution in [-0.2, 0) is 11.0 Å². The lowest BCUT2D eigenvalue weighted by molar-refractivity contribution is -0.145. The minimum absolute atomic E-state index is 0.303. The number of ether oxygens (including phenoxy) is 1. The van der Waals surface area contributed by atoms with E-state index in [1.807, 2.05) is 19.1 Å². The normalized spacial score (nSPS) is 12.4. The molecule has 1 aromatic heterocycles. The van der Waals surface area contributed by atoms with Crippen LogP contribution in [0.4, 0.5) is 25.1 Å². The number of amides is 1. The summed E-state index contributed by atoms with van der Waals surface area (Å²) in [7, 11) is 1.53. The van der Waals surface area contributed by atoms with Gasteiger partial charge in [0, 0.05) is 6.92 Å². The van der Waals surface area contributed by atoms with Gasteiger partial charge in [-0.1, -0.05) is 12.1 Å². The molecule has 0 bridgehead atoms. The molecule has 1 heterocycles. The number of hydrogen-bond acceptors (Lipinski definition) is 6. The number of nitrogens with one attached hydrogen (secondary N) is 2. The number of rotatable bonds is 5. The molecule has 2 aromatic rings. The molecule has 1 unspecified atom stereocenters. The van der Waals surface area contributed by atoms with E-state index in [2.05, 4.69) is 25.6 Å². The Morgan fingerprint density at radius 1 is 1.19 bits per heavy atom. The zero-order valence-electron chi connectivity index (χ0n) is 14.6. The van der Waals surface area contributed by atoms with E-state index in [0.29, 0.717) is 5.75 Å². The van der Waals surface area contributed by atoms with Gasteiger partial charge in [0.2, 0.25) is 23.6 Å². The van der Waals surface area contributed by atoms with Gasteiger partial charge in [-0.15, -0.1) is 0 Å². The molecule has 0 saturated heterocycles. The van der Waals surface area contributed by atoms with E-state index in [1.54, 1.807) is 13.0 Å². The van der Waals surface area contributed by atoms with Gasteiger partial charge < -0.3 is 10.1 Å². The Morgan fingerprint density at radius 3 is 2.42 bits per heavy atom. The van der Waals surface area contributed by atoms with Gasteiger partial charge in [-0.05, 0) is 31.0 Å². The van der Waals surface area contributed by atoms with Gasteiger partial charge >= 0.3 is 6.18 Å². The molecule has 0 spiro atoms. The second kappa shape index (κ2) is 7.54. The first-order valence-corrected chi connectivity index (χ1v) is 7.62. The number of aryl methyl sites for hydroxylation is 1. The molecule has 0 fully saturated rings. The summed E-state index contributed by atoms with van der Waals surface area (Å²) in [5.74, 6) is -2.11. The first kappa shape index (κ1) is 19.4. The van der Waals surface area contributed by atoms with Crippen molar-refractivity contribution in [2.75, 3.05) is 17.7 Å². The van der Waals surface area contributed by atoms with Crippen molar-refractivity contribution in [1.82, 2.24) is 15.0 Å². The molecule has 2 N–H and O–H groups in total. The first-order chi connectivity index (χ1) is 12.1. The van der Waals surface area contributed by atoms with Crippen molar-refractivity contribution in [2.24, 2.45) is 0 Å². The summed E-state index contributed by atoms with van der Waals surface area (Å²) >= 11 is 0. The summed E-state index contributed by atoms with van der Waals surface area (Å²) in [4.78, 5) is 21.5. The Labute approximate surface area is 148 Å². The zero-order valence-corrected chi connectivity index (χ0v) is 14.6. The molecule has 0 saturated carbocycles. The van der Waals surface area contributed by atoms with E-state index in [-0.39, 0.29) is 5.95 Å². The average molecular weight is 369 g/mol. The molecule has 1 aromatic carbocycles. The highest BCUT2D eigenvalue weighted by atomic mass is 19.4. The number of nitrogens with zero attached hydrogens (tertiary/aromatic N) is 3. The highest BCUT2D eigenvalue weighted by molar-refractivity contribution is 5.86. The summed E-state index contributed by atoms with van der Waals surface area (Å²) in [6, 6.07) is 5.01. The van der Waals surface area contributed by atoms with Gasteiger partial charge in [-0.3, -0.25) is 10.1 Å². The van der Waals surface area contributed by atoms with E-state index >= 15 is 0 Å². The number of alkyl halides is 3. The van der Waals surface area contributed by atoms with E-state index < -0.39 is 29.9 Å². The topological polar surface area (TPSA) is 89.0 Å². The average Bonchev–Trinajstić information content (AvgIpc) is 2.53. The van der Waals surface area contributed by atoms with Crippen molar-refractivity contribution in [1.29, 1.82) is 0 Å². The van der Waals surface area contributed by atoms with Crippen LogP contribution in [0.2, 0.25) is 0 Å². The highest BCUT2D eigenvalue weighted by Gasteiger charge is 2.36. The standard InChI is InChI=1S/C16H18F3N5O2/c1-8-5-6-11(7-12(8)26-4)9(2)20-14-22-13(16(17,18)19)23-15(24-14)21-10(3)25/h5-7,9H,1-4H3,(H2,20,21,22,23,24,25). The van der Waals surface area contributed by atoms with Gasteiger partial charge in [-0.25, -0.2) is 0 Å². The second-order valence-electron chi connectivity index (χ2n) is 5.58. The van der Waals surface area contributed by atoms with Gasteiger partial charge in [0.05, 0.1) is 13.2 Å². The maximum Gasteiger partial charge on any atom is 0.451 e. The number of benzene rings is 1. The lowest BCUT2D eigenvalue weighted by Crippen LogP contribution is -2.19. The van der Waals surface area contributed by atoms with Crippen molar-refractivity contribution >= 4 is 17.8 Å². The molecule has 1 atom stereocenters. The summed E-state index contributed by atoms with van der Waals surface area (Å²) < 4.78 is 44.2. The highest BCUT2D eigenvalue weighted by Crippen LogP contribution is 2.29. The number of hydrogen-bond donors (Lipinski definition) is 2. The summed E-state index contributed by atoms with van der Waals surface area (Å²) in [6.07, 6.45) is -4.77. The fourth-order valence-corrected chi connectivity index (χ4v) is 2.16. The molecule has 0 aliphatic heterocycles. The van der Waals surface area contributed by atoms with E-state index in [1.165, 1.54) is 7.11 Å². The monoisotopic (exact) mass is 369 g/mol. The molecule has 0 aliphatic carbocycles. The predicted molar refractivity (Wildman–Crippen MR) is 88.9 cm³/mol. The predicted octanol–water partition coefficient (Wildman–Crippen LogP) is 3.34. The number of methoxy groups -OCH3 is 1. The van der Waals surface area contributed by atoms with Crippen LogP contribution in [0.5, 0.6) is 5.75 Å². The quantitative estimate of drug-likeness (QED) is 0.840. The van der Waals surface area contributed by atoms with Crippen LogP contribution in [0.15, 0.2) is 18.2 Å². The third-order valence-electron chi connectivity index (χ3n) is 3.45. The molecule has 0 aliphatic rings. The van der Waals surface area contributed by atoms with Crippen molar-refractivity contribution < 1.29 is 22.7 Å². The Kier molecular flexibility index (Phi) is 5.63. The summed E-state index contributed by atoms with van der Waals surface area (Å²) in [5, 5.41) is 4.92. The number of halogens is 3. The van der Waals surface area contributed by atoms with Crippen LogP contribution in [0, 0.1) is 6.92 Å². The molecule has 7 nitrogen and oxygen atoms in total. The van der Waals surface area contributed by atoms with Gasteiger partial charge in [0.1, 0.15) is 5.75 Å². The Bertz CT molecular complexity index is 811. The minimum atomic E-state index is -4.77. The van der Waals surface area contributed by atoms with Crippen molar-refractivity contribution in [2.45, 2.75) is 33.0 Å². The number of carbonyl (C=O) groups is 1. The van der Waals surface area contributed by atoms with Crippen molar-refractivity contribution in [3.63, 3.8) is 0 Å². The van der Waals surface area contributed by atoms with Gasteiger partial charge in [-0.2, -0.15) is 28.1 Å². The van der Waals surface area contributed by atoms with E-state index in [9.17, 15) is 18.0 Å². The van der Waals surface area contributed by atoms with Gasteiger partial charge in [0.25, 0.3) is 0 Å². The Hall–Kier alpha value is -2.91. The molecule has 2 rings (SSSR count). The fraction of sp³-hybridized carbons (Fsp3) is 0.375.